The van der Waals surface area contributed by atoms with Crippen molar-refractivity contribution in [2.45, 2.75) is 12.3 Å². The summed E-state index contributed by atoms with van der Waals surface area (Å²) in [5.41, 5.74) is 4.52. The smallest absolute Gasteiger partial charge is 0.387 e. The first-order chi connectivity index (χ1) is 6.86. The Kier molecular flexibility index (Phi) is 3.59. The van der Waals surface area contributed by atoms with Crippen LogP contribution in [0.25, 0.3) is 0 Å². The van der Waals surface area contributed by atoms with Gasteiger partial charge < -0.3 is 10.8 Å². The molecular weight excluding hydrogens is 231 g/mol. The molecule has 2 nitrogen and oxygen atoms in total. The molecule has 0 aliphatic rings. The van der Waals surface area contributed by atoms with Gasteiger partial charge in [-0.2, -0.15) is 13.2 Å². The standard InChI is InChI=1S/C9H9ClF3NO/c10-7-3-5(9(11,12)13)1-2-6(7)8(15)4-14/h1-3,8,15H,4,14H2/t8-/m1/s1. The van der Waals surface area contributed by atoms with Crippen LogP contribution in [0.2, 0.25) is 5.02 Å². The van der Waals surface area contributed by atoms with Crippen LogP contribution in [0.15, 0.2) is 18.2 Å². The van der Waals surface area contributed by atoms with Gasteiger partial charge in [0.2, 0.25) is 0 Å². The lowest BCUT2D eigenvalue weighted by atomic mass is 10.1. The molecular formula is C9H9ClF3NO. The molecule has 0 unspecified atom stereocenters. The minimum Gasteiger partial charge on any atom is -0.387 e. The highest BCUT2D eigenvalue weighted by Gasteiger charge is 2.31. The van der Waals surface area contributed by atoms with Gasteiger partial charge in [0.05, 0.1) is 11.7 Å². The number of aliphatic hydroxyl groups is 1. The van der Waals surface area contributed by atoms with Crippen molar-refractivity contribution in [3.05, 3.63) is 34.3 Å². The molecule has 0 saturated heterocycles. The van der Waals surface area contributed by atoms with Gasteiger partial charge in [0.15, 0.2) is 0 Å². The molecule has 0 heterocycles. The molecule has 3 N–H and O–H groups in total. The third kappa shape index (κ3) is 2.84. The fraction of sp³-hybridized carbons (Fsp3) is 0.333. The Morgan fingerprint density at radius 2 is 2.00 bits per heavy atom. The predicted octanol–water partition coefficient (Wildman–Crippen LogP) is 2.35. The fourth-order valence-corrected chi connectivity index (χ4v) is 1.41. The van der Waals surface area contributed by atoms with Crippen molar-refractivity contribution in [1.29, 1.82) is 0 Å². The molecule has 0 aliphatic carbocycles. The normalized spacial score (nSPS) is 14.0. The maximum atomic E-state index is 12.2. The number of hydrogen-bond acceptors (Lipinski definition) is 2. The van der Waals surface area contributed by atoms with Gasteiger partial charge in [0, 0.05) is 17.1 Å². The van der Waals surface area contributed by atoms with Gasteiger partial charge >= 0.3 is 6.18 Å². The van der Waals surface area contributed by atoms with E-state index in [0.717, 1.165) is 18.2 Å². The SMILES string of the molecule is NC[C@@H](O)c1ccc(C(F)(F)F)cc1Cl. The first kappa shape index (κ1) is 12.3. The number of rotatable bonds is 2. The Morgan fingerprint density at radius 3 is 2.40 bits per heavy atom. The molecule has 0 aliphatic heterocycles. The molecule has 1 atom stereocenters. The molecule has 0 aromatic heterocycles. The number of benzene rings is 1. The number of nitrogens with two attached hydrogens (primary N) is 1. The van der Waals surface area contributed by atoms with E-state index in [0.29, 0.717) is 0 Å². The van der Waals surface area contributed by atoms with Crippen LogP contribution in [-0.2, 0) is 6.18 Å². The third-order valence-corrected chi connectivity index (χ3v) is 2.24. The zero-order chi connectivity index (χ0) is 11.6. The molecule has 0 fully saturated rings. The summed E-state index contributed by atoms with van der Waals surface area (Å²) in [6, 6.07) is 2.76. The lowest BCUT2D eigenvalue weighted by Crippen LogP contribution is -2.13. The Balaban J connectivity index is 3.09. The average molecular weight is 240 g/mol. The van der Waals surface area contributed by atoms with Crippen molar-refractivity contribution in [3.63, 3.8) is 0 Å². The van der Waals surface area contributed by atoms with Gasteiger partial charge in [0.25, 0.3) is 0 Å². The van der Waals surface area contributed by atoms with Crippen LogP contribution < -0.4 is 5.73 Å². The molecule has 0 amide bonds. The predicted molar refractivity (Wildman–Crippen MR) is 50.5 cm³/mol. The van der Waals surface area contributed by atoms with E-state index < -0.39 is 17.8 Å². The van der Waals surface area contributed by atoms with Crippen LogP contribution in [0.4, 0.5) is 13.2 Å². The largest absolute Gasteiger partial charge is 0.416 e. The molecule has 1 rings (SSSR count). The highest BCUT2D eigenvalue weighted by Crippen LogP contribution is 2.33. The molecule has 0 saturated carbocycles. The van der Waals surface area contributed by atoms with Gasteiger partial charge in [-0.25, -0.2) is 0 Å². The van der Waals surface area contributed by atoms with Crippen LogP contribution in [0.1, 0.15) is 17.2 Å². The van der Waals surface area contributed by atoms with E-state index in [1.165, 1.54) is 0 Å². The molecule has 0 spiro atoms. The molecule has 6 heteroatoms. The van der Waals surface area contributed by atoms with Crippen molar-refractivity contribution in [3.8, 4) is 0 Å². The third-order valence-electron chi connectivity index (χ3n) is 1.91. The average Bonchev–Trinajstić information content (AvgIpc) is 2.15. The van der Waals surface area contributed by atoms with Gasteiger partial charge in [0.1, 0.15) is 0 Å². The summed E-state index contributed by atoms with van der Waals surface area (Å²) in [6.07, 6.45) is -5.48. The molecule has 1 aromatic rings. The number of hydrogen-bond donors (Lipinski definition) is 2. The number of aliphatic hydroxyl groups excluding tert-OH is 1. The summed E-state index contributed by atoms with van der Waals surface area (Å²) in [6.45, 7) is -0.0922. The van der Waals surface area contributed by atoms with E-state index in [1.807, 2.05) is 0 Å². The van der Waals surface area contributed by atoms with E-state index in [-0.39, 0.29) is 17.1 Å². The first-order valence-corrected chi connectivity index (χ1v) is 4.49. The lowest BCUT2D eigenvalue weighted by Gasteiger charge is -2.12. The topological polar surface area (TPSA) is 46.2 Å². The van der Waals surface area contributed by atoms with Crippen molar-refractivity contribution in [2.75, 3.05) is 6.54 Å². The van der Waals surface area contributed by atoms with Crippen LogP contribution in [0.5, 0.6) is 0 Å². The summed E-state index contributed by atoms with van der Waals surface area (Å²) in [7, 11) is 0. The van der Waals surface area contributed by atoms with Gasteiger partial charge in [-0.15, -0.1) is 0 Å². The summed E-state index contributed by atoms with van der Waals surface area (Å²) in [5.74, 6) is 0. The van der Waals surface area contributed by atoms with E-state index in [2.05, 4.69) is 0 Å². The minimum absolute atomic E-state index is 0.0922. The lowest BCUT2D eigenvalue weighted by molar-refractivity contribution is -0.137. The Morgan fingerprint density at radius 1 is 1.40 bits per heavy atom. The quantitative estimate of drug-likeness (QED) is 0.832. The second-order valence-electron chi connectivity index (χ2n) is 2.99. The summed E-state index contributed by atoms with van der Waals surface area (Å²) >= 11 is 5.59. The Labute approximate surface area is 89.5 Å². The molecule has 1 aromatic carbocycles. The molecule has 15 heavy (non-hydrogen) atoms. The van der Waals surface area contributed by atoms with E-state index in [9.17, 15) is 18.3 Å². The molecule has 0 radical (unpaired) electrons. The van der Waals surface area contributed by atoms with Crippen LogP contribution in [-0.4, -0.2) is 11.7 Å². The van der Waals surface area contributed by atoms with E-state index in [4.69, 9.17) is 17.3 Å². The second kappa shape index (κ2) is 4.38. The first-order valence-electron chi connectivity index (χ1n) is 4.11. The molecule has 0 bridgehead atoms. The maximum absolute atomic E-state index is 12.2. The van der Waals surface area contributed by atoms with Crippen LogP contribution >= 0.6 is 11.6 Å². The van der Waals surface area contributed by atoms with Crippen LogP contribution in [0.3, 0.4) is 0 Å². The van der Waals surface area contributed by atoms with Crippen molar-refractivity contribution < 1.29 is 18.3 Å². The Bertz CT molecular complexity index is 354. The summed E-state index contributed by atoms with van der Waals surface area (Å²) < 4.78 is 36.7. The summed E-state index contributed by atoms with van der Waals surface area (Å²) in [4.78, 5) is 0. The number of halogens is 4. The van der Waals surface area contributed by atoms with E-state index in [1.54, 1.807) is 0 Å². The zero-order valence-corrected chi connectivity index (χ0v) is 8.31. The highest BCUT2D eigenvalue weighted by atomic mass is 35.5. The van der Waals surface area contributed by atoms with Crippen molar-refractivity contribution in [1.82, 2.24) is 0 Å². The van der Waals surface area contributed by atoms with Crippen molar-refractivity contribution in [2.24, 2.45) is 5.73 Å². The van der Waals surface area contributed by atoms with Gasteiger partial charge in [-0.3, -0.25) is 0 Å². The second-order valence-corrected chi connectivity index (χ2v) is 3.39. The fourth-order valence-electron chi connectivity index (χ4n) is 1.10. The zero-order valence-electron chi connectivity index (χ0n) is 7.55. The van der Waals surface area contributed by atoms with E-state index >= 15 is 0 Å². The monoisotopic (exact) mass is 239 g/mol. The summed E-state index contributed by atoms with van der Waals surface area (Å²) in [5, 5.41) is 9.18. The maximum Gasteiger partial charge on any atom is 0.416 e. The Hall–Kier alpha value is -0.780. The highest BCUT2D eigenvalue weighted by molar-refractivity contribution is 6.31. The van der Waals surface area contributed by atoms with Gasteiger partial charge in [-0.1, -0.05) is 17.7 Å². The van der Waals surface area contributed by atoms with Crippen molar-refractivity contribution >= 4 is 11.6 Å². The van der Waals surface area contributed by atoms with Gasteiger partial charge in [-0.05, 0) is 12.1 Å². The van der Waals surface area contributed by atoms with Crippen LogP contribution in [0, 0.1) is 0 Å². The number of alkyl halides is 3. The minimum atomic E-state index is -4.43. The molecule has 84 valence electrons.